The highest BCUT2D eigenvalue weighted by molar-refractivity contribution is 7.99. The van der Waals surface area contributed by atoms with Crippen molar-refractivity contribution in [3.63, 3.8) is 0 Å². The molecule has 2 aromatic heterocycles. The third kappa shape index (κ3) is 3.92. The number of benzene rings is 2. The zero-order valence-electron chi connectivity index (χ0n) is 15.4. The van der Waals surface area contributed by atoms with Gasteiger partial charge in [-0.2, -0.15) is 0 Å². The van der Waals surface area contributed by atoms with Crippen molar-refractivity contribution in [3.05, 3.63) is 88.8 Å². The quantitative estimate of drug-likeness (QED) is 0.280. The minimum Gasteiger partial charge on any atom is -0.493 e. The third-order valence-electron chi connectivity index (χ3n) is 4.20. The Morgan fingerprint density at radius 2 is 1.79 bits per heavy atom. The summed E-state index contributed by atoms with van der Waals surface area (Å²) >= 11 is 1.48. The number of fused-ring (bicyclic) bond motifs is 1. The van der Waals surface area contributed by atoms with Crippen molar-refractivity contribution < 1.29 is 4.74 Å². The number of aromatic nitrogens is 3. The van der Waals surface area contributed by atoms with E-state index in [4.69, 9.17) is 9.72 Å². The molecule has 0 bridgehead atoms. The van der Waals surface area contributed by atoms with E-state index in [0.717, 1.165) is 11.3 Å². The lowest BCUT2D eigenvalue weighted by Gasteiger charge is -2.13. The summed E-state index contributed by atoms with van der Waals surface area (Å²) in [4.78, 5) is 22.3. The Morgan fingerprint density at radius 1 is 1.00 bits per heavy atom. The number of thioether (sulfide) groups is 1. The molecule has 6 heteroatoms. The molecular formula is C22H19N3O2S. The van der Waals surface area contributed by atoms with Gasteiger partial charge in [-0.05, 0) is 42.8 Å². The molecule has 0 unspecified atom stereocenters. The maximum Gasteiger partial charge on any atom is 0.267 e. The first-order valence-corrected chi connectivity index (χ1v) is 9.96. The lowest BCUT2D eigenvalue weighted by molar-refractivity contribution is 0.344. The van der Waals surface area contributed by atoms with Crippen LogP contribution in [0.25, 0.3) is 16.7 Å². The van der Waals surface area contributed by atoms with Gasteiger partial charge in [-0.25, -0.2) is 14.5 Å². The Hall–Kier alpha value is -3.12. The number of rotatable bonds is 6. The summed E-state index contributed by atoms with van der Waals surface area (Å²) in [5.41, 5.74) is 1.60. The van der Waals surface area contributed by atoms with Crippen LogP contribution in [0.15, 0.2) is 82.9 Å². The fraction of sp³-hybridized carbons (Fsp3) is 0.136. The molecule has 5 nitrogen and oxygen atoms in total. The predicted octanol–water partition coefficient (Wildman–Crippen LogP) is 4.26. The molecule has 4 aromatic rings. The molecule has 4 rings (SSSR count). The van der Waals surface area contributed by atoms with Crippen molar-refractivity contribution in [1.82, 2.24) is 14.5 Å². The van der Waals surface area contributed by atoms with Gasteiger partial charge in [-0.15, -0.1) is 0 Å². The maximum atomic E-state index is 13.1. The molecule has 0 saturated heterocycles. The van der Waals surface area contributed by atoms with Gasteiger partial charge < -0.3 is 4.74 Å². The highest BCUT2D eigenvalue weighted by Gasteiger charge is 2.14. The molecule has 0 amide bonds. The second-order valence-corrected chi connectivity index (χ2v) is 7.32. The smallest absolute Gasteiger partial charge is 0.267 e. The Kier molecular flexibility index (Phi) is 5.39. The molecule has 0 radical (unpaired) electrons. The lowest BCUT2D eigenvalue weighted by Crippen LogP contribution is -2.23. The van der Waals surface area contributed by atoms with E-state index in [-0.39, 0.29) is 5.56 Å². The van der Waals surface area contributed by atoms with Crippen molar-refractivity contribution in [3.8, 4) is 11.6 Å². The van der Waals surface area contributed by atoms with Gasteiger partial charge in [0.15, 0.2) is 5.16 Å². The Bertz CT molecular complexity index is 1140. The number of hydrogen-bond donors (Lipinski definition) is 0. The summed E-state index contributed by atoms with van der Waals surface area (Å²) < 4.78 is 7.33. The summed E-state index contributed by atoms with van der Waals surface area (Å²) in [6.07, 6.45) is 1.75. The van der Waals surface area contributed by atoms with Crippen molar-refractivity contribution in [2.24, 2.45) is 0 Å². The van der Waals surface area contributed by atoms with Gasteiger partial charge >= 0.3 is 0 Å². The van der Waals surface area contributed by atoms with E-state index >= 15 is 0 Å². The second kappa shape index (κ2) is 8.27. The monoisotopic (exact) mass is 389 g/mol. The molecule has 2 heterocycles. The van der Waals surface area contributed by atoms with Gasteiger partial charge in [0.25, 0.3) is 5.56 Å². The van der Waals surface area contributed by atoms with E-state index in [1.165, 1.54) is 11.8 Å². The summed E-state index contributed by atoms with van der Waals surface area (Å²) in [5, 5.41) is 1.19. The highest BCUT2D eigenvalue weighted by Crippen LogP contribution is 2.21. The third-order valence-corrected chi connectivity index (χ3v) is 5.10. The standard InChI is InChI=1S/C22H19N3O2S/c1-16-11-12-20(23-15-16)25-21(26)18-9-5-6-10-19(18)24-22(25)28-14-13-27-17-7-3-2-4-8-17/h2-12,15H,13-14H2,1H3. The molecule has 0 aliphatic carbocycles. The molecule has 2 aromatic carbocycles. The van der Waals surface area contributed by atoms with Crippen LogP contribution in [0.4, 0.5) is 0 Å². The van der Waals surface area contributed by atoms with E-state index < -0.39 is 0 Å². The number of pyridine rings is 1. The SMILES string of the molecule is Cc1ccc(-n2c(SCCOc3ccccc3)nc3ccccc3c2=O)nc1. The molecule has 0 aliphatic rings. The number of para-hydroxylation sites is 2. The first-order chi connectivity index (χ1) is 13.7. The van der Waals surface area contributed by atoms with Crippen LogP contribution in [0.5, 0.6) is 5.75 Å². The zero-order chi connectivity index (χ0) is 19.3. The summed E-state index contributed by atoms with van der Waals surface area (Å²) in [6.45, 7) is 2.48. The first kappa shape index (κ1) is 18.3. The topological polar surface area (TPSA) is 57.0 Å². The normalized spacial score (nSPS) is 10.9. The van der Waals surface area contributed by atoms with Gasteiger partial charge in [0, 0.05) is 11.9 Å². The van der Waals surface area contributed by atoms with Crippen molar-refractivity contribution in [2.45, 2.75) is 12.1 Å². The first-order valence-electron chi connectivity index (χ1n) is 8.98. The van der Waals surface area contributed by atoms with Crippen LogP contribution in [0.2, 0.25) is 0 Å². The highest BCUT2D eigenvalue weighted by atomic mass is 32.2. The van der Waals surface area contributed by atoms with Crippen LogP contribution in [-0.4, -0.2) is 26.9 Å². The minimum absolute atomic E-state index is 0.117. The Morgan fingerprint density at radius 3 is 2.57 bits per heavy atom. The van der Waals surface area contributed by atoms with Crippen molar-refractivity contribution in [1.29, 1.82) is 0 Å². The summed E-state index contributed by atoms with van der Waals surface area (Å²) in [7, 11) is 0. The average Bonchev–Trinajstić information content (AvgIpc) is 2.73. The predicted molar refractivity (Wildman–Crippen MR) is 113 cm³/mol. The molecule has 0 spiro atoms. The molecule has 0 aliphatic heterocycles. The molecule has 0 saturated carbocycles. The number of hydrogen-bond acceptors (Lipinski definition) is 5. The average molecular weight is 389 g/mol. The Labute approximate surface area is 167 Å². The van der Waals surface area contributed by atoms with E-state index in [2.05, 4.69) is 4.98 Å². The van der Waals surface area contributed by atoms with E-state index in [0.29, 0.717) is 34.2 Å². The fourth-order valence-electron chi connectivity index (χ4n) is 2.81. The minimum atomic E-state index is -0.117. The second-order valence-electron chi connectivity index (χ2n) is 6.26. The Balaban J connectivity index is 1.64. The molecule has 0 fully saturated rings. The number of ether oxygens (including phenoxy) is 1. The summed E-state index contributed by atoms with van der Waals surface area (Å²) in [5.74, 6) is 2.05. The number of nitrogens with zero attached hydrogens (tertiary/aromatic N) is 3. The van der Waals surface area contributed by atoms with Crippen LogP contribution in [0.1, 0.15) is 5.56 Å². The summed E-state index contributed by atoms with van der Waals surface area (Å²) in [6, 6.07) is 20.8. The van der Waals surface area contributed by atoms with E-state index in [9.17, 15) is 4.79 Å². The van der Waals surface area contributed by atoms with Crippen molar-refractivity contribution >= 4 is 22.7 Å². The van der Waals surface area contributed by atoms with Gasteiger partial charge in [0.05, 0.1) is 17.5 Å². The lowest BCUT2D eigenvalue weighted by atomic mass is 10.2. The maximum absolute atomic E-state index is 13.1. The van der Waals surface area contributed by atoms with Crippen molar-refractivity contribution in [2.75, 3.05) is 12.4 Å². The van der Waals surface area contributed by atoms with Crippen LogP contribution in [0.3, 0.4) is 0 Å². The van der Waals surface area contributed by atoms with Crippen LogP contribution >= 0.6 is 11.8 Å². The van der Waals surface area contributed by atoms with Crippen LogP contribution in [-0.2, 0) is 0 Å². The van der Waals surface area contributed by atoms with E-state index in [1.807, 2.05) is 67.6 Å². The zero-order valence-corrected chi connectivity index (χ0v) is 16.2. The molecular weight excluding hydrogens is 370 g/mol. The largest absolute Gasteiger partial charge is 0.493 e. The van der Waals surface area contributed by atoms with E-state index in [1.54, 1.807) is 16.8 Å². The van der Waals surface area contributed by atoms with Gasteiger partial charge in [0.2, 0.25) is 0 Å². The van der Waals surface area contributed by atoms with Gasteiger partial charge in [-0.3, -0.25) is 4.79 Å². The molecule has 0 N–H and O–H groups in total. The number of aryl methyl sites for hydroxylation is 1. The molecule has 28 heavy (non-hydrogen) atoms. The van der Waals surface area contributed by atoms with Gasteiger partial charge in [0.1, 0.15) is 11.6 Å². The van der Waals surface area contributed by atoms with Crippen LogP contribution in [0, 0.1) is 6.92 Å². The molecule has 0 atom stereocenters. The molecule has 140 valence electrons. The van der Waals surface area contributed by atoms with Crippen LogP contribution < -0.4 is 10.3 Å². The van der Waals surface area contributed by atoms with Gasteiger partial charge in [-0.1, -0.05) is 48.2 Å². The fourth-order valence-corrected chi connectivity index (χ4v) is 3.63.